The predicted molar refractivity (Wildman–Crippen MR) is 81.1 cm³/mol. The average Bonchev–Trinajstić information content (AvgIpc) is 2.44. The Hall–Kier alpha value is -0.570. The molecule has 0 aromatic heterocycles. The number of carbonyl (C=O) groups is 1. The maximum Gasteiger partial charge on any atom is 0.229 e. The molecule has 0 aliphatic heterocycles. The normalized spacial score (nSPS) is 41.5. The van der Waals surface area contributed by atoms with Crippen molar-refractivity contribution < 1.29 is 4.79 Å². The lowest BCUT2D eigenvalue weighted by atomic mass is 9.54. The summed E-state index contributed by atoms with van der Waals surface area (Å²) >= 11 is 0. The van der Waals surface area contributed by atoms with Crippen LogP contribution >= 0.6 is 0 Å². The smallest absolute Gasteiger partial charge is 0.229 e. The van der Waals surface area contributed by atoms with Crippen molar-refractivity contribution in [1.82, 2.24) is 4.90 Å². The number of rotatable bonds is 4. The van der Waals surface area contributed by atoms with Gasteiger partial charge < -0.3 is 10.6 Å². The van der Waals surface area contributed by atoms with Crippen molar-refractivity contribution in [1.29, 1.82) is 0 Å². The van der Waals surface area contributed by atoms with E-state index in [1.54, 1.807) is 0 Å². The van der Waals surface area contributed by atoms with E-state index >= 15 is 0 Å². The lowest BCUT2D eigenvalue weighted by Crippen LogP contribution is -2.59. The third kappa shape index (κ3) is 2.09. The van der Waals surface area contributed by atoms with Crippen molar-refractivity contribution in [2.45, 2.75) is 58.4 Å². The van der Waals surface area contributed by atoms with E-state index in [-0.39, 0.29) is 11.3 Å². The van der Waals surface area contributed by atoms with Crippen molar-refractivity contribution in [3.8, 4) is 0 Å². The summed E-state index contributed by atoms with van der Waals surface area (Å²) < 4.78 is 0. The lowest BCUT2D eigenvalue weighted by Gasteiger charge is -2.57. The summed E-state index contributed by atoms with van der Waals surface area (Å²) in [7, 11) is 2.04. The van der Waals surface area contributed by atoms with Crippen LogP contribution in [0.5, 0.6) is 0 Å². The second kappa shape index (κ2) is 5.01. The number of hydrogen-bond donors (Lipinski definition) is 1. The van der Waals surface area contributed by atoms with E-state index in [0.717, 1.165) is 30.1 Å². The molecule has 1 amide bonds. The van der Waals surface area contributed by atoms with Crippen LogP contribution in [0, 0.1) is 29.1 Å². The maximum atomic E-state index is 12.9. The zero-order chi connectivity index (χ0) is 14.5. The van der Waals surface area contributed by atoms with Gasteiger partial charge in [-0.15, -0.1) is 0 Å². The molecule has 20 heavy (non-hydrogen) atoms. The highest BCUT2D eigenvalue weighted by molar-refractivity contribution is 5.82. The quantitative estimate of drug-likeness (QED) is 0.859. The van der Waals surface area contributed by atoms with Gasteiger partial charge in [0.1, 0.15) is 0 Å². The largest absolute Gasteiger partial charge is 0.342 e. The number of hydrogen-bond acceptors (Lipinski definition) is 2. The van der Waals surface area contributed by atoms with Gasteiger partial charge in [-0.3, -0.25) is 4.79 Å². The summed E-state index contributed by atoms with van der Waals surface area (Å²) in [5.74, 6) is 3.73. The van der Waals surface area contributed by atoms with Gasteiger partial charge >= 0.3 is 0 Å². The summed E-state index contributed by atoms with van der Waals surface area (Å²) in [4.78, 5) is 15.0. The molecule has 0 saturated heterocycles. The molecule has 2 N–H and O–H groups in total. The zero-order valence-electron chi connectivity index (χ0n) is 13.3. The molecule has 0 spiro atoms. The van der Waals surface area contributed by atoms with Crippen molar-refractivity contribution in [2.75, 3.05) is 13.6 Å². The van der Waals surface area contributed by atoms with Gasteiger partial charge in [-0.1, -0.05) is 6.92 Å². The van der Waals surface area contributed by atoms with Gasteiger partial charge in [0, 0.05) is 19.6 Å². The molecule has 4 bridgehead atoms. The van der Waals surface area contributed by atoms with Crippen LogP contribution in [0.15, 0.2) is 0 Å². The summed E-state index contributed by atoms with van der Waals surface area (Å²) in [5, 5.41) is 0. The fraction of sp³-hybridized carbons (Fsp3) is 0.941. The van der Waals surface area contributed by atoms with E-state index in [9.17, 15) is 4.79 Å². The minimum absolute atomic E-state index is 0.278. The van der Waals surface area contributed by atoms with Gasteiger partial charge in [-0.25, -0.2) is 0 Å². The molecule has 4 fully saturated rings. The third-order valence-corrected chi connectivity index (χ3v) is 6.69. The molecule has 0 aromatic rings. The summed E-state index contributed by atoms with van der Waals surface area (Å²) in [6, 6.07) is 0.493. The fourth-order valence-electron chi connectivity index (χ4n) is 5.47. The van der Waals surface area contributed by atoms with Crippen molar-refractivity contribution >= 4 is 5.91 Å². The Kier molecular flexibility index (Phi) is 3.60. The van der Waals surface area contributed by atoms with Crippen molar-refractivity contribution in [3.05, 3.63) is 0 Å². The van der Waals surface area contributed by atoms with Crippen molar-refractivity contribution in [2.24, 2.45) is 34.8 Å². The molecule has 114 valence electrons. The molecule has 0 heterocycles. The molecule has 3 nitrogen and oxygen atoms in total. The van der Waals surface area contributed by atoms with E-state index in [4.69, 9.17) is 5.73 Å². The van der Waals surface area contributed by atoms with Gasteiger partial charge in [0.2, 0.25) is 5.91 Å². The summed E-state index contributed by atoms with van der Waals surface area (Å²) in [5.41, 5.74) is 5.51. The number of nitrogens with zero attached hydrogens (tertiary/aromatic N) is 1. The SMILES string of the molecule is CCC(C)(CN)C(=O)N(C)C1C2CC3CC(C2)CC1C3. The second-order valence-electron chi connectivity index (χ2n) is 7.96. The third-order valence-electron chi connectivity index (χ3n) is 6.69. The minimum atomic E-state index is -0.372. The number of nitrogens with two attached hydrogens (primary N) is 1. The Morgan fingerprint density at radius 3 is 2.05 bits per heavy atom. The Morgan fingerprint density at radius 2 is 1.65 bits per heavy atom. The van der Waals surface area contributed by atoms with Crippen LogP contribution in [0.25, 0.3) is 0 Å². The van der Waals surface area contributed by atoms with Gasteiger partial charge in [-0.2, -0.15) is 0 Å². The van der Waals surface area contributed by atoms with Crippen molar-refractivity contribution in [3.63, 3.8) is 0 Å². The Labute approximate surface area is 123 Å². The lowest BCUT2D eigenvalue weighted by molar-refractivity contribution is -0.150. The Bertz CT molecular complexity index is 360. The molecular weight excluding hydrogens is 248 g/mol. The van der Waals surface area contributed by atoms with E-state index < -0.39 is 0 Å². The molecule has 4 aliphatic rings. The van der Waals surface area contributed by atoms with Crippen LogP contribution in [-0.4, -0.2) is 30.4 Å². The average molecular weight is 278 g/mol. The molecular formula is C17H30N2O. The second-order valence-corrected chi connectivity index (χ2v) is 7.96. The van der Waals surface area contributed by atoms with Crippen LogP contribution in [-0.2, 0) is 4.79 Å². The van der Waals surface area contributed by atoms with Crippen LogP contribution < -0.4 is 5.73 Å². The van der Waals surface area contributed by atoms with Gasteiger partial charge in [0.25, 0.3) is 0 Å². The Balaban J connectivity index is 1.77. The molecule has 0 radical (unpaired) electrons. The van der Waals surface area contributed by atoms with E-state index in [2.05, 4.69) is 11.8 Å². The first-order valence-electron chi connectivity index (χ1n) is 8.45. The first-order chi connectivity index (χ1) is 9.48. The molecule has 4 rings (SSSR count). The molecule has 3 heteroatoms. The molecule has 0 aromatic carbocycles. The minimum Gasteiger partial charge on any atom is -0.342 e. The monoisotopic (exact) mass is 278 g/mol. The first-order valence-corrected chi connectivity index (χ1v) is 8.45. The maximum absolute atomic E-state index is 12.9. The molecule has 1 unspecified atom stereocenters. The van der Waals surface area contributed by atoms with E-state index in [1.807, 2.05) is 14.0 Å². The summed E-state index contributed by atoms with van der Waals surface area (Å²) in [6.45, 7) is 4.57. The molecule has 1 atom stereocenters. The van der Waals surface area contributed by atoms with Crippen LogP contribution in [0.3, 0.4) is 0 Å². The molecule has 4 aliphatic carbocycles. The zero-order valence-corrected chi connectivity index (χ0v) is 13.3. The first kappa shape index (κ1) is 14.4. The highest BCUT2D eigenvalue weighted by atomic mass is 16.2. The highest BCUT2D eigenvalue weighted by Crippen LogP contribution is 2.55. The van der Waals surface area contributed by atoms with Gasteiger partial charge in [0.05, 0.1) is 5.41 Å². The molecule has 4 saturated carbocycles. The van der Waals surface area contributed by atoms with E-state index in [0.29, 0.717) is 12.6 Å². The summed E-state index contributed by atoms with van der Waals surface area (Å²) in [6.07, 6.45) is 7.75. The van der Waals surface area contributed by atoms with Gasteiger partial charge in [0.15, 0.2) is 0 Å². The van der Waals surface area contributed by atoms with Crippen LogP contribution in [0.4, 0.5) is 0 Å². The predicted octanol–water partition coefficient (Wildman–Crippen LogP) is 2.64. The Morgan fingerprint density at radius 1 is 1.15 bits per heavy atom. The number of amides is 1. The standard InChI is InChI=1S/C17H30N2O/c1-4-17(2,10-18)16(20)19(3)15-13-6-11-5-12(8-13)9-14(15)7-11/h11-15H,4-10,18H2,1-3H3. The van der Waals surface area contributed by atoms with E-state index in [1.165, 1.54) is 32.1 Å². The van der Waals surface area contributed by atoms with Crippen LogP contribution in [0.1, 0.15) is 52.4 Å². The number of carbonyl (C=O) groups excluding carboxylic acids is 1. The highest BCUT2D eigenvalue weighted by Gasteiger charge is 2.51. The van der Waals surface area contributed by atoms with Gasteiger partial charge in [-0.05, 0) is 69.1 Å². The topological polar surface area (TPSA) is 46.3 Å². The fourth-order valence-corrected chi connectivity index (χ4v) is 5.47. The van der Waals surface area contributed by atoms with Crippen LogP contribution in [0.2, 0.25) is 0 Å².